The lowest BCUT2D eigenvalue weighted by molar-refractivity contribution is 0.136. The van der Waals surface area contributed by atoms with Gasteiger partial charge in [-0.15, -0.1) is 0 Å². The Bertz CT molecular complexity index is 1270. The van der Waals surface area contributed by atoms with Crippen molar-refractivity contribution in [2.75, 3.05) is 11.4 Å². The van der Waals surface area contributed by atoms with Gasteiger partial charge in [-0.05, 0) is 53.9 Å². The van der Waals surface area contributed by atoms with E-state index < -0.39 is 0 Å². The van der Waals surface area contributed by atoms with Crippen molar-refractivity contribution in [3.63, 3.8) is 0 Å². The zero-order valence-electron chi connectivity index (χ0n) is 18.4. The van der Waals surface area contributed by atoms with Crippen LogP contribution in [0.25, 0.3) is 11.0 Å². The van der Waals surface area contributed by atoms with Crippen molar-refractivity contribution in [3.8, 4) is 6.07 Å². The number of hydrogen-bond donors (Lipinski definition) is 0. The van der Waals surface area contributed by atoms with E-state index in [0.717, 1.165) is 36.0 Å². The molecule has 1 aromatic heterocycles. The molecule has 1 aliphatic heterocycles. The van der Waals surface area contributed by atoms with Crippen molar-refractivity contribution in [2.45, 2.75) is 52.6 Å². The molecular weight excluding hydrogens is 384 g/mol. The van der Waals surface area contributed by atoms with Gasteiger partial charge in [0.05, 0.1) is 29.2 Å². The van der Waals surface area contributed by atoms with E-state index in [1.165, 1.54) is 6.42 Å². The highest BCUT2D eigenvalue weighted by molar-refractivity contribution is 5.76. The Morgan fingerprint density at radius 2 is 1.84 bits per heavy atom. The maximum Gasteiger partial charge on any atom is 0.294 e. The van der Waals surface area contributed by atoms with Crippen molar-refractivity contribution in [2.24, 2.45) is 10.8 Å². The van der Waals surface area contributed by atoms with Gasteiger partial charge in [-0.2, -0.15) is 5.26 Å². The number of nitriles is 1. The predicted octanol–water partition coefficient (Wildman–Crippen LogP) is 4.72. The van der Waals surface area contributed by atoms with Crippen molar-refractivity contribution in [1.29, 1.82) is 5.26 Å². The molecule has 158 valence electrons. The van der Waals surface area contributed by atoms with Gasteiger partial charge in [0.15, 0.2) is 5.82 Å². The standard InChI is InChI=1S/C26H28N4O/c1-25(2)12-20-13-26(3,16-25)17-30(20)23-24(31)29(22-11-7-6-10-21(22)28-23)15-19-9-5-4-8-18(19)14-27/h4-11,20H,12-13,15-17H2,1-3H3. The summed E-state index contributed by atoms with van der Waals surface area (Å²) in [6, 6.07) is 17.9. The number of benzene rings is 2. The number of para-hydroxylation sites is 2. The molecule has 1 saturated heterocycles. The molecule has 2 heterocycles. The maximum absolute atomic E-state index is 13.8. The van der Waals surface area contributed by atoms with E-state index in [9.17, 15) is 10.1 Å². The van der Waals surface area contributed by atoms with Crippen molar-refractivity contribution >= 4 is 16.9 Å². The van der Waals surface area contributed by atoms with E-state index >= 15 is 0 Å². The third kappa shape index (κ3) is 3.40. The molecule has 2 bridgehead atoms. The first-order valence-electron chi connectivity index (χ1n) is 11.0. The molecule has 0 amide bonds. The summed E-state index contributed by atoms with van der Waals surface area (Å²) < 4.78 is 1.80. The first-order valence-corrected chi connectivity index (χ1v) is 11.0. The fourth-order valence-electron chi connectivity index (χ4n) is 6.17. The molecule has 1 saturated carbocycles. The Labute approximate surface area is 183 Å². The second-order valence-electron chi connectivity index (χ2n) is 10.4. The third-order valence-electron chi connectivity index (χ3n) is 6.99. The van der Waals surface area contributed by atoms with Gasteiger partial charge >= 0.3 is 0 Å². The molecule has 2 atom stereocenters. The largest absolute Gasteiger partial charge is 0.348 e. The molecule has 2 aliphatic rings. The normalized spacial score (nSPS) is 24.3. The first kappa shape index (κ1) is 19.8. The molecule has 5 heteroatoms. The van der Waals surface area contributed by atoms with E-state index in [-0.39, 0.29) is 16.4 Å². The highest BCUT2D eigenvalue weighted by Gasteiger charge is 2.50. The molecule has 2 aromatic carbocycles. The summed E-state index contributed by atoms with van der Waals surface area (Å²) in [4.78, 5) is 20.9. The number of anilines is 1. The molecule has 31 heavy (non-hydrogen) atoms. The van der Waals surface area contributed by atoms with Crippen molar-refractivity contribution in [3.05, 3.63) is 70.0 Å². The van der Waals surface area contributed by atoms with Crippen LogP contribution in [0.2, 0.25) is 0 Å². The average molecular weight is 413 g/mol. The van der Waals surface area contributed by atoms with Gasteiger partial charge < -0.3 is 4.90 Å². The minimum absolute atomic E-state index is 0.0691. The zero-order valence-corrected chi connectivity index (χ0v) is 18.4. The lowest BCUT2D eigenvalue weighted by Crippen LogP contribution is -2.38. The molecule has 0 radical (unpaired) electrons. The van der Waals surface area contributed by atoms with E-state index in [1.807, 2.05) is 42.5 Å². The fraction of sp³-hybridized carbons (Fsp3) is 0.423. The van der Waals surface area contributed by atoms with Crippen LogP contribution in [0.15, 0.2) is 53.3 Å². The Kier molecular flexibility index (Phi) is 4.44. The second-order valence-corrected chi connectivity index (χ2v) is 10.4. The minimum Gasteiger partial charge on any atom is -0.348 e. The Hall–Kier alpha value is -3.13. The van der Waals surface area contributed by atoms with Gasteiger partial charge in [-0.1, -0.05) is 51.1 Å². The van der Waals surface area contributed by atoms with Gasteiger partial charge in [0.2, 0.25) is 0 Å². The number of aromatic nitrogens is 2. The SMILES string of the molecule is CC1(C)CC2CC(C)(CN2c2nc3ccccc3n(Cc3ccccc3C#N)c2=O)C1. The monoisotopic (exact) mass is 412 g/mol. The maximum atomic E-state index is 13.8. The van der Waals surface area contributed by atoms with Crippen molar-refractivity contribution in [1.82, 2.24) is 9.55 Å². The summed E-state index contributed by atoms with van der Waals surface area (Å²) in [6.07, 6.45) is 3.36. The summed E-state index contributed by atoms with van der Waals surface area (Å²) in [5.41, 5.74) is 3.49. The average Bonchev–Trinajstić information content (AvgIpc) is 2.98. The van der Waals surface area contributed by atoms with E-state index in [2.05, 4.69) is 31.7 Å². The zero-order chi connectivity index (χ0) is 21.8. The number of fused-ring (bicyclic) bond motifs is 3. The number of hydrogen-bond acceptors (Lipinski definition) is 4. The number of nitrogens with zero attached hydrogens (tertiary/aromatic N) is 4. The van der Waals surface area contributed by atoms with Gasteiger partial charge in [0.1, 0.15) is 0 Å². The van der Waals surface area contributed by atoms with E-state index in [4.69, 9.17) is 4.98 Å². The fourth-order valence-corrected chi connectivity index (χ4v) is 6.17. The van der Waals surface area contributed by atoms with Crippen LogP contribution in [-0.4, -0.2) is 22.1 Å². The van der Waals surface area contributed by atoms with Crippen LogP contribution >= 0.6 is 0 Å². The lowest BCUT2D eigenvalue weighted by Gasteiger charge is -2.39. The summed E-state index contributed by atoms with van der Waals surface area (Å²) >= 11 is 0. The van der Waals surface area contributed by atoms with E-state index in [1.54, 1.807) is 10.6 Å². The summed E-state index contributed by atoms with van der Waals surface area (Å²) in [6.45, 7) is 8.26. The summed E-state index contributed by atoms with van der Waals surface area (Å²) in [5.74, 6) is 0.555. The highest BCUT2D eigenvalue weighted by atomic mass is 16.1. The van der Waals surface area contributed by atoms with Gasteiger partial charge in [0, 0.05) is 12.6 Å². The second kappa shape index (κ2) is 6.95. The molecule has 0 spiro atoms. The molecular formula is C26H28N4O. The molecule has 1 aliphatic carbocycles. The molecule has 0 N–H and O–H groups in total. The summed E-state index contributed by atoms with van der Waals surface area (Å²) in [5, 5.41) is 9.53. The first-order chi connectivity index (χ1) is 14.8. The summed E-state index contributed by atoms with van der Waals surface area (Å²) in [7, 11) is 0. The lowest BCUT2D eigenvalue weighted by atomic mass is 9.65. The Morgan fingerprint density at radius 3 is 2.65 bits per heavy atom. The topological polar surface area (TPSA) is 61.9 Å². The van der Waals surface area contributed by atoms with Gasteiger partial charge in [0.25, 0.3) is 5.56 Å². The molecule has 5 rings (SSSR count). The van der Waals surface area contributed by atoms with Gasteiger partial charge in [-0.3, -0.25) is 9.36 Å². The smallest absolute Gasteiger partial charge is 0.294 e. The predicted molar refractivity (Wildman–Crippen MR) is 123 cm³/mol. The minimum atomic E-state index is -0.0691. The van der Waals surface area contributed by atoms with Crippen LogP contribution in [-0.2, 0) is 6.54 Å². The molecule has 2 fully saturated rings. The molecule has 2 unspecified atom stereocenters. The third-order valence-corrected chi connectivity index (χ3v) is 6.99. The van der Waals surface area contributed by atoms with Crippen LogP contribution in [0.5, 0.6) is 0 Å². The van der Waals surface area contributed by atoms with E-state index in [0.29, 0.717) is 24.0 Å². The quantitative estimate of drug-likeness (QED) is 0.624. The van der Waals surface area contributed by atoms with Crippen molar-refractivity contribution < 1.29 is 0 Å². The van der Waals surface area contributed by atoms with Crippen LogP contribution < -0.4 is 10.5 Å². The Morgan fingerprint density at radius 1 is 1.10 bits per heavy atom. The molecule has 3 aromatic rings. The Balaban J connectivity index is 1.65. The van der Waals surface area contributed by atoms with Crippen LogP contribution in [0.4, 0.5) is 5.82 Å². The molecule has 5 nitrogen and oxygen atoms in total. The number of rotatable bonds is 3. The highest BCUT2D eigenvalue weighted by Crippen LogP contribution is 2.52. The van der Waals surface area contributed by atoms with Gasteiger partial charge in [-0.25, -0.2) is 4.98 Å². The van der Waals surface area contributed by atoms with Crippen LogP contribution in [0.3, 0.4) is 0 Å². The van der Waals surface area contributed by atoms with Crippen LogP contribution in [0, 0.1) is 22.2 Å². The van der Waals surface area contributed by atoms with Crippen LogP contribution in [0.1, 0.15) is 51.2 Å².